The number of rotatable bonds is 5. The molecule has 3 aromatic rings. The Labute approximate surface area is 195 Å². The van der Waals surface area contributed by atoms with Crippen LogP contribution in [-0.4, -0.2) is 11.0 Å². The molecule has 4 nitrogen and oxygen atoms in total. The quantitative estimate of drug-likeness (QED) is 0.313. The molecule has 0 fully saturated rings. The van der Waals surface area contributed by atoms with E-state index in [9.17, 15) is 9.90 Å². The monoisotopic (exact) mass is 441 g/mol. The normalized spacial score (nSPS) is 16.5. The highest BCUT2D eigenvalue weighted by Crippen LogP contribution is 2.40. The second kappa shape index (κ2) is 9.14. The van der Waals surface area contributed by atoms with Gasteiger partial charge in [-0.15, -0.1) is 0 Å². The van der Waals surface area contributed by atoms with Crippen molar-refractivity contribution in [1.82, 2.24) is 0 Å². The SMILES string of the molecule is CC1=C(C=C/C(C)=C/c2cc3ccc(C(=O)Nc4ccc(O)cc4)cc3o2)C(C)(C)CCC1. The van der Waals surface area contributed by atoms with Gasteiger partial charge >= 0.3 is 0 Å². The van der Waals surface area contributed by atoms with E-state index in [-0.39, 0.29) is 17.1 Å². The number of allylic oxidation sites excluding steroid dienone is 5. The van der Waals surface area contributed by atoms with Crippen molar-refractivity contribution in [2.45, 2.75) is 47.0 Å². The van der Waals surface area contributed by atoms with E-state index >= 15 is 0 Å². The van der Waals surface area contributed by atoms with Gasteiger partial charge in [-0.3, -0.25) is 4.79 Å². The van der Waals surface area contributed by atoms with Crippen molar-refractivity contribution in [3.8, 4) is 5.75 Å². The summed E-state index contributed by atoms with van der Waals surface area (Å²) in [6.45, 7) is 8.96. The first-order chi connectivity index (χ1) is 15.7. The minimum Gasteiger partial charge on any atom is -0.508 e. The van der Waals surface area contributed by atoms with Crippen LogP contribution in [0.5, 0.6) is 5.75 Å². The second-order valence-electron chi connectivity index (χ2n) is 9.56. The van der Waals surface area contributed by atoms with Crippen molar-refractivity contribution < 1.29 is 14.3 Å². The highest BCUT2D eigenvalue weighted by atomic mass is 16.3. The van der Waals surface area contributed by atoms with Crippen molar-refractivity contribution in [2.75, 3.05) is 5.32 Å². The first kappa shape index (κ1) is 22.7. The van der Waals surface area contributed by atoms with Gasteiger partial charge in [0.2, 0.25) is 0 Å². The van der Waals surface area contributed by atoms with Crippen molar-refractivity contribution >= 4 is 28.6 Å². The maximum absolute atomic E-state index is 12.6. The van der Waals surface area contributed by atoms with Crippen molar-refractivity contribution in [2.24, 2.45) is 5.41 Å². The zero-order chi connectivity index (χ0) is 23.6. The summed E-state index contributed by atoms with van der Waals surface area (Å²) in [5, 5.41) is 13.2. The summed E-state index contributed by atoms with van der Waals surface area (Å²) in [5.41, 5.74) is 6.06. The van der Waals surface area contributed by atoms with Crippen molar-refractivity contribution in [3.05, 3.63) is 88.7 Å². The third-order valence-corrected chi connectivity index (χ3v) is 6.35. The summed E-state index contributed by atoms with van der Waals surface area (Å²) in [6, 6.07) is 13.8. The molecule has 1 amide bonds. The third kappa shape index (κ3) is 5.28. The third-order valence-electron chi connectivity index (χ3n) is 6.35. The number of hydrogen-bond acceptors (Lipinski definition) is 3. The lowest BCUT2D eigenvalue weighted by Crippen LogP contribution is -2.19. The molecular formula is C29H31NO3. The Hall–Kier alpha value is -3.53. The molecule has 170 valence electrons. The molecule has 4 heteroatoms. The average Bonchev–Trinajstić information content (AvgIpc) is 3.15. The number of hydrogen-bond donors (Lipinski definition) is 2. The van der Waals surface area contributed by atoms with Gasteiger partial charge in [0.1, 0.15) is 17.1 Å². The molecule has 0 unspecified atom stereocenters. The molecule has 33 heavy (non-hydrogen) atoms. The first-order valence-corrected chi connectivity index (χ1v) is 11.4. The Morgan fingerprint density at radius 3 is 2.61 bits per heavy atom. The van der Waals surface area contributed by atoms with Crippen LogP contribution in [0.1, 0.15) is 63.1 Å². The fourth-order valence-electron chi connectivity index (χ4n) is 4.51. The maximum Gasteiger partial charge on any atom is 0.255 e. The fraction of sp³-hybridized carbons (Fsp3) is 0.276. The molecule has 2 N–H and O–H groups in total. The zero-order valence-corrected chi connectivity index (χ0v) is 19.7. The van der Waals surface area contributed by atoms with Gasteiger partial charge in [0, 0.05) is 16.6 Å². The number of phenolic OH excluding ortho intramolecular Hbond substituents is 1. The lowest BCUT2D eigenvalue weighted by Gasteiger charge is -2.32. The summed E-state index contributed by atoms with van der Waals surface area (Å²) in [7, 11) is 0. The molecule has 1 heterocycles. The maximum atomic E-state index is 12.6. The Morgan fingerprint density at radius 2 is 1.88 bits per heavy atom. The summed E-state index contributed by atoms with van der Waals surface area (Å²) in [4.78, 5) is 12.6. The topological polar surface area (TPSA) is 62.5 Å². The number of benzene rings is 2. The Balaban J connectivity index is 1.51. The van der Waals surface area contributed by atoms with E-state index in [1.54, 1.807) is 24.3 Å². The van der Waals surface area contributed by atoms with Crippen LogP contribution < -0.4 is 5.32 Å². The summed E-state index contributed by atoms with van der Waals surface area (Å²) in [6.07, 6.45) is 10.1. The van der Waals surface area contributed by atoms with Crippen LogP contribution in [0.25, 0.3) is 17.0 Å². The van der Waals surface area contributed by atoms with Gasteiger partial charge in [0.15, 0.2) is 0 Å². The predicted molar refractivity (Wildman–Crippen MR) is 135 cm³/mol. The molecule has 4 rings (SSSR count). The standard InChI is InChI=1S/C29H31NO3/c1-19(7-14-26-20(2)6-5-15-29(26,3)4)16-25-17-21-8-9-22(18-27(21)33-25)28(32)30-23-10-12-24(31)13-11-23/h7-14,16-18,31H,5-6,15H2,1-4H3,(H,30,32)/b14-7?,19-16+. The van der Waals surface area contributed by atoms with E-state index in [0.717, 1.165) is 16.7 Å². The van der Waals surface area contributed by atoms with Gasteiger partial charge in [-0.25, -0.2) is 0 Å². The first-order valence-electron chi connectivity index (χ1n) is 11.4. The highest BCUT2D eigenvalue weighted by Gasteiger charge is 2.26. The van der Waals surface area contributed by atoms with Crippen LogP contribution in [0.4, 0.5) is 5.69 Å². The summed E-state index contributed by atoms with van der Waals surface area (Å²) in [5.74, 6) is 0.691. The van der Waals surface area contributed by atoms with Crippen LogP contribution >= 0.6 is 0 Å². The van der Waals surface area contributed by atoms with Crippen LogP contribution in [-0.2, 0) is 0 Å². The number of phenols is 1. The number of anilines is 1. The molecule has 0 spiro atoms. The zero-order valence-electron chi connectivity index (χ0n) is 19.7. The largest absolute Gasteiger partial charge is 0.508 e. The van der Waals surface area contributed by atoms with E-state index in [1.807, 2.05) is 18.2 Å². The van der Waals surface area contributed by atoms with Gasteiger partial charge in [0.05, 0.1) is 0 Å². The Bertz CT molecular complexity index is 1270. The van der Waals surface area contributed by atoms with Gasteiger partial charge < -0.3 is 14.8 Å². The van der Waals surface area contributed by atoms with Crippen molar-refractivity contribution in [3.63, 3.8) is 0 Å². The van der Waals surface area contributed by atoms with Gasteiger partial charge in [-0.1, -0.05) is 37.6 Å². The molecule has 0 aliphatic heterocycles. The van der Waals surface area contributed by atoms with E-state index < -0.39 is 0 Å². The van der Waals surface area contributed by atoms with E-state index in [4.69, 9.17) is 4.42 Å². The van der Waals surface area contributed by atoms with Gasteiger partial charge in [-0.2, -0.15) is 0 Å². The number of carbonyl (C=O) groups is 1. The van der Waals surface area contributed by atoms with E-state index in [0.29, 0.717) is 16.8 Å². The Kier molecular flexibility index (Phi) is 6.28. The molecule has 1 aromatic heterocycles. The minimum atomic E-state index is -0.228. The number of furan rings is 1. The summed E-state index contributed by atoms with van der Waals surface area (Å²) >= 11 is 0. The molecule has 0 radical (unpaired) electrons. The molecule has 2 aromatic carbocycles. The number of nitrogens with one attached hydrogen (secondary N) is 1. The highest BCUT2D eigenvalue weighted by molar-refractivity contribution is 6.06. The van der Waals surface area contributed by atoms with Crippen molar-refractivity contribution in [1.29, 1.82) is 0 Å². The molecule has 0 bridgehead atoms. The smallest absolute Gasteiger partial charge is 0.255 e. The van der Waals surface area contributed by atoms with Crippen LogP contribution in [0.15, 0.2) is 81.8 Å². The fourth-order valence-corrected chi connectivity index (χ4v) is 4.51. The number of fused-ring (bicyclic) bond motifs is 1. The second-order valence-corrected chi connectivity index (χ2v) is 9.56. The average molecular weight is 442 g/mol. The lowest BCUT2D eigenvalue weighted by molar-refractivity contribution is 0.102. The van der Waals surface area contributed by atoms with E-state index in [2.05, 4.69) is 45.2 Å². The van der Waals surface area contributed by atoms with Crippen LogP contribution in [0.3, 0.4) is 0 Å². The van der Waals surface area contributed by atoms with Crippen LogP contribution in [0.2, 0.25) is 0 Å². The molecule has 0 saturated heterocycles. The lowest BCUT2D eigenvalue weighted by atomic mass is 9.72. The predicted octanol–water partition coefficient (Wildman–Crippen LogP) is 7.88. The molecule has 1 aliphatic rings. The number of aromatic hydroxyl groups is 1. The molecule has 0 saturated carbocycles. The van der Waals surface area contributed by atoms with Gasteiger partial charge in [0.25, 0.3) is 5.91 Å². The molecular weight excluding hydrogens is 410 g/mol. The number of carbonyl (C=O) groups excluding carboxylic acids is 1. The van der Waals surface area contributed by atoms with Crippen LogP contribution in [0, 0.1) is 5.41 Å². The molecule has 0 atom stereocenters. The minimum absolute atomic E-state index is 0.157. The number of amides is 1. The van der Waals surface area contributed by atoms with Gasteiger partial charge in [-0.05, 0) is 98.2 Å². The molecule has 1 aliphatic carbocycles. The Morgan fingerprint density at radius 1 is 1.12 bits per heavy atom. The summed E-state index contributed by atoms with van der Waals surface area (Å²) < 4.78 is 6.01. The van der Waals surface area contributed by atoms with E-state index in [1.165, 1.54) is 42.5 Å².